The lowest BCUT2D eigenvalue weighted by Crippen LogP contribution is -2.40. The van der Waals surface area contributed by atoms with E-state index in [-0.39, 0.29) is 0 Å². The number of hydrogen-bond acceptors (Lipinski definition) is 1. The first-order valence-corrected chi connectivity index (χ1v) is 8.20. The molecule has 0 aliphatic heterocycles. The summed E-state index contributed by atoms with van der Waals surface area (Å²) in [6.45, 7) is 10.9. The van der Waals surface area contributed by atoms with Gasteiger partial charge in [-0.25, -0.2) is 0 Å². The third-order valence-corrected chi connectivity index (χ3v) is 5.66. The molecular weight excluding hydrogens is 218 g/mol. The number of nitrogens with one attached hydrogen (secondary N) is 1. The van der Waals surface area contributed by atoms with E-state index in [0.29, 0.717) is 5.41 Å². The van der Waals surface area contributed by atoms with Gasteiger partial charge in [-0.1, -0.05) is 27.2 Å². The van der Waals surface area contributed by atoms with Gasteiger partial charge in [-0.05, 0) is 75.2 Å². The molecular formula is C17H33N. The highest BCUT2D eigenvalue weighted by molar-refractivity contribution is 4.83. The Balaban J connectivity index is 1.64. The van der Waals surface area contributed by atoms with Crippen LogP contribution in [-0.2, 0) is 0 Å². The summed E-state index contributed by atoms with van der Waals surface area (Å²) in [6.07, 6.45) is 10.2. The van der Waals surface area contributed by atoms with Gasteiger partial charge in [0.1, 0.15) is 0 Å². The summed E-state index contributed by atoms with van der Waals surface area (Å²) >= 11 is 0. The van der Waals surface area contributed by atoms with Crippen LogP contribution in [0.25, 0.3) is 0 Å². The highest BCUT2D eigenvalue weighted by atomic mass is 14.9. The third kappa shape index (κ3) is 3.73. The van der Waals surface area contributed by atoms with Crippen LogP contribution in [0.5, 0.6) is 0 Å². The summed E-state index contributed by atoms with van der Waals surface area (Å²) in [5, 5.41) is 3.81. The van der Waals surface area contributed by atoms with Crippen LogP contribution in [0.2, 0.25) is 0 Å². The Morgan fingerprint density at radius 3 is 2.06 bits per heavy atom. The Kier molecular flexibility index (Phi) is 4.75. The van der Waals surface area contributed by atoms with Crippen molar-refractivity contribution in [3.63, 3.8) is 0 Å². The van der Waals surface area contributed by atoms with Crippen LogP contribution in [0.4, 0.5) is 0 Å². The molecule has 1 nitrogen and oxygen atoms in total. The molecule has 0 saturated heterocycles. The molecule has 18 heavy (non-hydrogen) atoms. The SMILES string of the molecule is CC(NCC1CCC(C(C)(C)C)CC1)C1CCC1. The smallest absolute Gasteiger partial charge is 0.00671 e. The minimum Gasteiger partial charge on any atom is -0.314 e. The first-order chi connectivity index (χ1) is 8.47. The molecule has 0 heterocycles. The summed E-state index contributed by atoms with van der Waals surface area (Å²) in [5.74, 6) is 2.89. The molecule has 1 N–H and O–H groups in total. The zero-order chi connectivity index (χ0) is 13.2. The van der Waals surface area contributed by atoms with Crippen molar-refractivity contribution >= 4 is 0 Å². The van der Waals surface area contributed by atoms with Crippen LogP contribution >= 0.6 is 0 Å². The molecule has 0 aromatic carbocycles. The third-order valence-electron chi connectivity index (χ3n) is 5.66. The van der Waals surface area contributed by atoms with Gasteiger partial charge in [0.05, 0.1) is 0 Å². The molecule has 2 fully saturated rings. The molecule has 0 bridgehead atoms. The average Bonchev–Trinajstić information content (AvgIpc) is 2.23. The molecule has 2 rings (SSSR count). The van der Waals surface area contributed by atoms with Gasteiger partial charge in [0, 0.05) is 6.04 Å². The van der Waals surface area contributed by atoms with E-state index in [4.69, 9.17) is 0 Å². The predicted molar refractivity (Wildman–Crippen MR) is 79.7 cm³/mol. The van der Waals surface area contributed by atoms with Crippen LogP contribution < -0.4 is 5.32 Å². The fraction of sp³-hybridized carbons (Fsp3) is 1.00. The van der Waals surface area contributed by atoms with Crippen molar-refractivity contribution in [3.05, 3.63) is 0 Å². The van der Waals surface area contributed by atoms with Crippen LogP contribution in [-0.4, -0.2) is 12.6 Å². The molecule has 1 atom stereocenters. The van der Waals surface area contributed by atoms with Gasteiger partial charge in [-0.3, -0.25) is 0 Å². The van der Waals surface area contributed by atoms with Gasteiger partial charge in [0.2, 0.25) is 0 Å². The maximum absolute atomic E-state index is 3.81. The van der Waals surface area contributed by atoms with Crippen molar-refractivity contribution in [1.82, 2.24) is 5.32 Å². The largest absolute Gasteiger partial charge is 0.314 e. The van der Waals surface area contributed by atoms with Crippen molar-refractivity contribution in [2.75, 3.05) is 6.54 Å². The van der Waals surface area contributed by atoms with Gasteiger partial charge < -0.3 is 5.32 Å². The Bertz CT molecular complexity index is 241. The maximum Gasteiger partial charge on any atom is 0.00671 e. The van der Waals surface area contributed by atoms with E-state index in [0.717, 1.165) is 23.8 Å². The zero-order valence-electron chi connectivity index (χ0n) is 13.0. The lowest BCUT2D eigenvalue weighted by molar-refractivity contribution is 0.143. The molecule has 2 aliphatic carbocycles. The van der Waals surface area contributed by atoms with E-state index in [1.165, 1.54) is 51.5 Å². The topological polar surface area (TPSA) is 12.0 Å². The maximum atomic E-state index is 3.81. The molecule has 1 heteroatoms. The highest BCUT2D eigenvalue weighted by Crippen LogP contribution is 2.39. The van der Waals surface area contributed by atoms with Gasteiger partial charge in [0.25, 0.3) is 0 Å². The minimum atomic E-state index is 0.525. The molecule has 106 valence electrons. The lowest BCUT2D eigenvalue weighted by atomic mass is 9.70. The Morgan fingerprint density at radius 2 is 1.61 bits per heavy atom. The van der Waals surface area contributed by atoms with E-state index < -0.39 is 0 Å². The lowest BCUT2D eigenvalue weighted by Gasteiger charge is -2.38. The van der Waals surface area contributed by atoms with Crippen LogP contribution in [0.1, 0.15) is 72.6 Å². The highest BCUT2D eigenvalue weighted by Gasteiger charge is 2.30. The Hall–Kier alpha value is -0.0400. The Labute approximate surface area is 114 Å². The van der Waals surface area contributed by atoms with Gasteiger partial charge in [0.15, 0.2) is 0 Å². The van der Waals surface area contributed by atoms with E-state index in [9.17, 15) is 0 Å². The van der Waals surface area contributed by atoms with E-state index in [2.05, 4.69) is 33.0 Å². The zero-order valence-corrected chi connectivity index (χ0v) is 13.0. The van der Waals surface area contributed by atoms with Crippen molar-refractivity contribution in [1.29, 1.82) is 0 Å². The normalized spacial score (nSPS) is 32.0. The molecule has 0 aromatic heterocycles. The van der Waals surface area contributed by atoms with Crippen molar-refractivity contribution in [3.8, 4) is 0 Å². The molecule has 2 saturated carbocycles. The monoisotopic (exact) mass is 251 g/mol. The fourth-order valence-electron chi connectivity index (χ4n) is 3.69. The van der Waals surface area contributed by atoms with Gasteiger partial charge in [-0.15, -0.1) is 0 Å². The number of hydrogen-bond donors (Lipinski definition) is 1. The quantitative estimate of drug-likeness (QED) is 0.769. The predicted octanol–water partition coefficient (Wildman–Crippen LogP) is 4.62. The molecule has 0 aromatic rings. The summed E-state index contributed by atoms with van der Waals surface area (Å²) in [4.78, 5) is 0. The first kappa shape index (κ1) is 14.4. The van der Waals surface area contributed by atoms with E-state index >= 15 is 0 Å². The standard InChI is InChI=1S/C17H33N/c1-13(15-6-5-7-15)18-12-14-8-10-16(11-9-14)17(2,3)4/h13-16,18H,5-12H2,1-4H3. The van der Waals surface area contributed by atoms with Crippen LogP contribution in [0.15, 0.2) is 0 Å². The summed E-state index contributed by atoms with van der Waals surface area (Å²) < 4.78 is 0. The average molecular weight is 251 g/mol. The van der Waals surface area contributed by atoms with E-state index in [1.807, 2.05) is 0 Å². The minimum absolute atomic E-state index is 0.525. The van der Waals surface area contributed by atoms with Crippen LogP contribution in [0, 0.1) is 23.2 Å². The van der Waals surface area contributed by atoms with Gasteiger partial charge in [-0.2, -0.15) is 0 Å². The van der Waals surface area contributed by atoms with Crippen LogP contribution in [0.3, 0.4) is 0 Å². The summed E-state index contributed by atoms with van der Waals surface area (Å²) in [7, 11) is 0. The second-order valence-electron chi connectivity index (χ2n) is 7.97. The van der Waals surface area contributed by atoms with Gasteiger partial charge >= 0.3 is 0 Å². The van der Waals surface area contributed by atoms with Crippen molar-refractivity contribution < 1.29 is 0 Å². The fourth-order valence-corrected chi connectivity index (χ4v) is 3.69. The number of rotatable bonds is 4. The molecule has 2 aliphatic rings. The second-order valence-corrected chi connectivity index (χ2v) is 7.97. The van der Waals surface area contributed by atoms with Crippen molar-refractivity contribution in [2.24, 2.45) is 23.2 Å². The van der Waals surface area contributed by atoms with E-state index in [1.54, 1.807) is 0 Å². The first-order valence-electron chi connectivity index (χ1n) is 8.20. The summed E-state index contributed by atoms with van der Waals surface area (Å²) in [6, 6.07) is 0.763. The molecule has 0 amide bonds. The molecule has 1 unspecified atom stereocenters. The molecule has 0 radical (unpaired) electrons. The second kappa shape index (κ2) is 5.94. The Morgan fingerprint density at radius 1 is 1.00 bits per heavy atom. The summed E-state index contributed by atoms with van der Waals surface area (Å²) in [5.41, 5.74) is 0.525. The van der Waals surface area contributed by atoms with Crippen molar-refractivity contribution in [2.45, 2.75) is 78.7 Å². The molecule has 0 spiro atoms.